The maximum absolute atomic E-state index is 6.16. The molecule has 0 aliphatic carbocycles. The van der Waals surface area contributed by atoms with Gasteiger partial charge < -0.3 is 5.32 Å². The molecule has 0 amide bonds. The van der Waals surface area contributed by atoms with E-state index in [9.17, 15) is 0 Å². The Bertz CT molecular complexity index is 722. The van der Waals surface area contributed by atoms with Gasteiger partial charge in [-0.1, -0.05) is 29.8 Å². The van der Waals surface area contributed by atoms with E-state index in [1.54, 1.807) is 6.20 Å². The first-order chi connectivity index (χ1) is 9.29. The molecule has 6 heteroatoms. The van der Waals surface area contributed by atoms with E-state index >= 15 is 0 Å². The second kappa shape index (κ2) is 4.85. The zero-order chi connectivity index (χ0) is 13.2. The second-order valence-corrected chi connectivity index (χ2v) is 4.51. The molecule has 0 radical (unpaired) electrons. The van der Waals surface area contributed by atoms with Gasteiger partial charge in [0, 0.05) is 12.1 Å². The highest BCUT2D eigenvalue weighted by molar-refractivity contribution is 6.31. The number of halogens is 1. The molecule has 0 saturated heterocycles. The topological polar surface area (TPSA) is 55.6 Å². The monoisotopic (exact) mass is 273 g/mol. The third kappa shape index (κ3) is 2.13. The van der Waals surface area contributed by atoms with Crippen molar-refractivity contribution >= 4 is 28.5 Å². The molecule has 2 heterocycles. The van der Waals surface area contributed by atoms with Gasteiger partial charge >= 0.3 is 0 Å². The smallest absolute Gasteiger partial charge is 0.163 e. The minimum absolute atomic E-state index is 0.587. The van der Waals surface area contributed by atoms with Gasteiger partial charge in [0.1, 0.15) is 12.1 Å². The Kier molecular flexibility index (Phi) is 3.05. The molecule has 0 aliphatic rings. The van der Waals surface area contributed by atoms with E-state index in [2.05, 4.69) is 20.4 Å². The van der Waals surface area contributed by atoms with Crippen molar-refractivity contribution in [2.24, 2.45) is 0 Å². The number of fused-ring (bicyclic) bond motifs is 1. The number of hydrogen-bond acceptors (Lipinski definition) is 4. The highest BCUT2D eigenvalue weighted by Gasteiger charge is 2.09. The van der Waals surface area contributed by atoms with Gasteiger partial charge in [-0.05, 0) is 11.6 Å². The largest absolute Gasteiger partial charge is 0.372 e. The van der Waals surface area contributed by atoms with Crippen molar-refractivity contribution in [1.82, 2.24) is 19.7 Å². The lowest BCUT2D eigenvalue weighted by atomic mass is 10.2. The number of anilines is 1. The highest BCUT2D eigenvalue weighted by Crippen LogP contribution is 2.21. The van der Waals surface area contributed by atoms with Gasteiger partial charge in [0.2, 0.25) is 0 Å². The standard InChI is InChI=1S/C13H12ClN5/c1-15-12-10-6-18-19(13(10)17-8-16-12)7-9-4-2-3-5-11(9)14/h2-6,8H,7H2,1H3,(H,15,16,17). The lowest BCUT2D eigenvalue weighted by Crippen LogP contribution is -2.03. The molecule has 0 bridgehead atoms. The lowest BCUT2D eigenvalue weighted by Gasteiger charge is -2.05. The van der Waals surface area contributed by atoms with Gasteiger partial charge in [-0.2, -0.15) is 5.10 Å². The quantitative estimate of drug-likeness (QED) is 0.797. The molecule has 0 unspecified atom stereocenters. The van der Waals surface area contributed by atoms with Crippen LogP contribution in [0.4, 0.5) is 5.82 Å². The summed E-state index contributed by atoms with van der Waals surface area (Å²) in [6.07, 6.45) is 3.29. The summed E-state index contributed by atoms with van der Waals surface area (Å²) in [5, 5.41) is 9.01. The molecule has 0 saturated carbocycles. The molecule has 19 heavy (non-hydrogen) atoms. The van der Waals surface area contributed by atoms with Crippen LogP contribution < -0.4 is 5.32 Å². The average molecular weight is 274 g/mol. The summed E-state index contributed by atoms with van der Waals surface area (Å²) < 4.78 is 1.82. The van der Waals surface area contributed by atoms with Crippen LogP contribution in [0.15, 0.2) is 36.8 Å². The van der Waals surface area contributed by atoms with Crippen LogP contribution in [0.1, 0.15) is 5.56 Å². The molecule has 96 valence electrons. The van der Waals surface area contributed by atoms with Crippen LogP contribution in [0.5, 0.6) is 0 Å². The highest BCUT2D eigenvalue weighted by atomic mass is 35.5. The Morgan fingerprint density at radius 1 is 1.26 bits per heavy atom. The number of rotatable bonds is 3. The van der Waals surface area contributed by atoms with Crippen molar-refractivity contribution in [3.05, 3.63) is 47.4 Å². The minimum atomic E-state index is 0.587. The van der Waals surface area contributed by atoms with Crippen LogP contribution in [-0.4, -0.2) is 26.8 Å². The van der Waals surface area contributed by atoms with E-state index in [1.807, 2.05) is 36.0 Å². The molecule has 0 fully saturated rings. The molecule has 1 N–H and O–H groups in total. The van der Waals surface area contributed by atoms with Crippen molar-refractivity contribution in [2.75, 3.05) is 12.4 Å². The van der Waals surface area contributed by atoms with Gasteiger partial charge in [0.15, 0.2) is 5.65 Å². The Morgan fingerprint density at radius 3 is 2.89 bits per heavy atom. The van der Waals surface area contributed by atoms with Crippen LogP contribution in [0.3, 0.4) is 0 Å². The van der Waals surface area contributed by atoms with E-state index in [1.165, 1.54) is 6.33 Å². The summed E-state index contributed by atoms with van der Waals surface area (Å²) in [7, 11) is 1.83. The van der Waals surface area contributed by atoms with Crippen LogP contribution in [0.25, 0.3) is 11.0 Å². The summed E-state index contributed by atoms with van der Waals surface area (Å²) in [6, 6.07) is 7.72. The first-order valence-electron chi connectivity index (χ1n) is 5.87. The zero-order valence-corrected chi connectivity index (χ0v) is 11.1. The average Bonchev–Trinajstić information content (AvgIpc) is 2.84. The molecular weight excluding hydrogens is 262 g/mol. The van der Waals surface area contributed by atoms with Gasteiger partial charge in [-0.3, -0.25) is 0 Å². The van der Waals surface area contributed by atoms with Crippen molar-refractivity contribution in [3.63, 3.8) is 0 Å². The summed E-state index contributed by atoms with van der Waals surface area (Å²) in [6.45, 7) is 0.587. The molecule has 0 spiro atoms. The number of benzene rings is 1. The fourth-order valence-electron chi connectivity index (χ4n) is 2.00. The predicted octanol–water partition coefficient (Wildman–Crippen LogP) is 2.57. The summed E-state index contributed by atoms with van der Waals surface area (Å²) >= 11 is 6.16. The molecule has 1 aromatic carbocycles. The fourth-order valence-corrected chi connectivity index (χ4v) is 2.19. The van der Waals surface area contributed by atoms with E-state index in [4.69, 9.17) is 11.6 Å². The van der Waals surface area contributed by atoms with Crippen molar-refractivity contribution in [1.29, 1.82) is 0 Å². The fraction of sp³-hybridized carbons (Fsp3) is 0.154. The first-order valence-corrected chi connectivity index (χ1v) is 6.25. The molecule has 5 nitrogen and oxygen atoms in total. The predicted molar refractivity (Wildman–Crippen MR) is 75.4 cm³/mol. The van der Waals surface area contributed by atoms with Gasteiger partial charge in [-0.25, -0.2) is 14.6 Å². The van der Waals surface area contributed by atoms with Gasteiger partial charge in [0.25, 0.3) is 0 Å². The van der Waals surface area contributed by atoms with Gasteiger partial charge in [0.05, 0.1) is 18.1 Å². The maximum atomic E-state index is 6.16. The van der Waals surface area contributed by atoms with Crippen LogP contribution in [0.2, 0.25) is 5.02 Å². The lowest BCUT2D eigenvalue weighted by molar-refractivity contribution is 0.704. The van der Waals surface area contributed by atoms with Crippen LogP contribution >= 0.6 is 11.6 Å². The van der Waals surface area contributed by atoms with E-state index in [0.29, 0.717) is 6.54 Å². The Labute approximate surface area is 115 Å². The van der Waals surface area contributed by atoms with Crippen LogP contribution in [-0.2, 0) is 6.54 Å². The molecule has 0 aliphatic heterocycles. The molecular formula is C13H12ClN5. The molecule has 0 atom stereocenters. The van der Waals surface area contributed by atoms with E-state index in [0.717, 1.165) is 27.4 Å². The minimum Gasteiger partial charge on any atom is -0.372 e. The summed E-state index contributed by atoms with van der Waals surface area (Å²) in [4.78, 5) is 8.44. The SMILES string of the molecule is CNc1ncnc2c1cnn2Cc1ccccc1Cl. The number of aromatic nitrogens is 4. The van der Waals surface area contributed by atoms with Crippen molar-refractivity contribution in [3.8, 4) is 0 Å². The van der Waals surface area contributed by atoms with Gasteiger partial charge in [-0.15, -0.1) is 0 Å². The Morgan fingerprint density at radius 2 is 2.11 bits per heavy atom. The Hall–Kier alpha value is -2.14. The third-order valence-corrected chi connectivity index (χ3v) is 3.32. The normalized spacial score (nSPS) is 10.8. The van der Waals surface area contributed by atoms with Crippen molar-refractivity contribution in [2.45, 2.75) is 6.54 Å². The molecule has 3 aromatic rings. The number of hydrogen-bond donors (Lipinski definition) is 1. The first kappa shape index (κ1) is 11.9. The summed E-state index contributed by atoms with van der Waals surface area (Å²) in [5.41, 5.74) is 1.80. The van der Waals surface area contributed by atoms with Crippen LogP contribution in [0, 0.1) is 0 Å². The van der Waals surface area contributed by atoms with Crippen molar-refractivity contribution < 1.29 is 0 Å². The van der Waals surface area contributed by atoms with E-state index in [-0.39, 0.29) is 0 Å². The summed E-state index contributed by atoms with van der Waals surface area (Å²) in [5.74, 6) is 0.774. The Balaban J connectivity index is 2.05. The number of nitrogens with zero attached hydrogens (tertiary/aromatic N) is 4. The molecule has 2 aromatic heterocycles. The zero-order valence-electron chi connectivity index (χ0n) is 10.3. The third-order valence-electron chi connectivity index (χ3n) is 2.95. The van der Waals surface area contributed by atoms with E-state index < -0.39 is 0 Å². The molecule has 3 rings (SSSR count). The second-order valence-electron chi connectivity index (χ2n) is 4.10. The maximum Gasteiger partial charge on any atom is 0.163 e. The number of nitrogens with one attached hydrogen (secondary N) is 1.